The van der Waals surface area contributed by atoms with E-state index in [2.05, 4.69) is 15.5 Å². The second-order valence-electron chi connectivity index (χ2n) is 5.95. The summed E-state index contributed by atoms with van der Waals surface area (Å²) >= 11 is 0. The highest BCUT2D eigenvalue weighted by molar-refractivity contribution is 5.75. The number of rotatable bonds is 8. The second-order valence-corrected chi connectivity index (χ2v) is 5.95. The molecule has 1 aliphatic rings. The Morgan fingerprint density at radius 1 is 1.20 bits per heavy atom. The monoisotopic (exact) mass is 351 g/mol. The van der Waals surface area contributed by atoms with Crippen molar-refractivity contribution in [1.82, 2.24) is 10.6 Å². The molecule has 1 saturated heterocycles. The van der Waals surface area contributed by atoms with Gasteiger partial charge in [-0.25, -0.2) is 4.79 Å². The van der Waals surface area contributed by atoms with E-state index < -0.39 is 5.97 Å². The van der Waals surface area contributed by atoms with Crippen LogP contribution < -0.4 is 25.0 Å². The van der Waals surface area contributed by atoms with Gasteiger partial charge in [-0.1, -0.05) is 0 Å². The third-order valence-electron chi connectivity index (χ3n) is 4.16. The zero-order chi connectivity index (χ0) is 18.2. The Morgan fingerprint density at radius 3 is 2.48 bits per heavy atom. The molecule has 1 atom stereocenters. The molecule has 1 unspecified atom stereocenters. The van der Waals surface area contributed by atoms with Gasteiger partial charge in [-0.3, -0.25) is 4.79 Å². The van der Waals surface area contributed by atoms with Crippen LogP contribution >= 0.6 is 0 Å². The van der Waals surface area contributed by atoms with Crippen molar-refractivity contribution in [1.29, 1.82) is 0 Å². The average Bonchev–Trinajstić information content (AvgIpc) is 3.08. The molecule has 8 nitrogen and oxygen atoms in total. The zero-order valence-electron chi connectivity index (χ0n) is 14.6. The maximum atomic E-state index is 11.6. The number of urea groups is 1. The number of benzene rings is 1. The van der Waals surface area contributed by atoms with E-state index >= 15 is 0 Å². The third-order valence-corrected chi connectivity index (χ3v) is 4.16. The molecule has 1 heterocycles. The van der Waals surface area contributed by atoms with Crippen LogP contribution in [0.25, 0.3) is 0 Å². The van der Waals surface area contributed by atoms with Crippen molar-refractivity contribution in [3.05, 3.63) is 18.2 Å². The van der Waals surface area contributed by atoms with Crippen LogP contribution in [-0.4, -0.2) is 57.5 Å². The molecule has 1 aromatic carbocycles. The van der Waals surface area contributed by atoms with Crippen LogP contribution in [0.15, 0.2) is 18.2 Å². The fraction of sp³-hybridized carbons (Fsp3) is 0.529. The van der Waals surface area contributed by atoms with E-state index in [-0.39, 0.29) is 19.0 Å². The molecule has 8 heteroatoms. The van der Waals surface area contributed by atoms with Crippen molar-refractivity contribution in [2.45, 2.75) is 12.8 Å². The largest absolute Gasteiger partial charge is 0.497 e. The summed E-state index contributed by atoms with van der Waals surface area (Å²) in [4.78, 5) is 24.3. The minimum atomic E-state index is -0.930. The SMILES string of the molecule is COc1cc(OC)cc(N2CCC(CNC(=O)NCCC(=O)O)C2)c1. The first-order valence-corrected chi connectivity index (χ1v) is 8.23. The molecule has 0 radical (unpaired) electrons. The molecule has 138 valence electrons. The van der Waals surface area contributed by atoms with E-state index in [9.17, 15) is 9.59 Å². The van der Waals surface area contributed by atoms with Gasteiger partial charge in [0.15, 0.2) is 0 Å². The maximum absolute atomic E-state index is 11.6. The standard InChI is InChI=1S/C17H25N3O5/c1-24-14-7-13(8-15(9-14)25-2)20-6-4-12(11-20)10-19-17(23)18-5-3-16(21)22/h7-9,12H,3-6,10-11H2,1-2H3,(H,21,22)(H2,18,19,23). The summed E-state index contributed by atoms with van der Waals surface area (Å²) in [6.07, 6.45) is 0.886. The number of ether oxygens (including phenoxy) is 2. The van der Waals surface area contributed by atoms with Gasteiger partial charge in [0.25, 0.3) is 0 Å². The van der Waals surface area contributed by atoms with Crippen LogP contribution in [0.1, 0.15) is 12.8 Å². The number of hydrogen-bond acceptors (Lipinski definition) is 5. The quantitative estimate of drug-likeness (QED) is 0.653. The summed E-state index contributed by atoms with van der Waals surface area (Å²) in [5.41, 5.74) is 1.03. The predicted octanol–water partition coefficient (Wildman–Crippen LogP) is 1.30. The number of carboxylic acid groups (broad SMARTS) is 1. The van der Waals surface area contributed by atoms with E-state index in [0.717, 1.165) is 36.7 Å². The Kier molecular flexibility index (Phi) is 6.73. The van der Waals surface area contributed by atoms with Crippen molar-refractivity contribution in [3.63, 3.8) is 0 Å². The van der Waals surface area contributed by atoms with Gasteiger partial charge in [-0.2, -0.15) is 0 Å². The van der Waals surface area contributed by atoms with E-state index in [1.165, 1.54) is 0 Å². The van der Waals surface area contributed by atoms with Gasteiger partial charge in [-0.15, -0.1) is 0 Å². The Bertz CT molecular complexity index is 586. The maximum Gasteiger partial charge on any atom is 0.314 e. The molecule has 0 bridgehead atoms. The molecule has 2 rings (SSSR count). The Morgan fingerprint density at radius 2 is 1.88 bits per heavy atom. The van der Waals surface area contributed by atoms with Crippen molar-refractivity contribution < 1.29 is 24.2 Å². The van der Waals surface area contributed by atoms with Crippen LogP contribution in [0.4, 0.5) is 10.5 Å². The summed E-state index contributed by atoms with van der Waals surface area (Å²) in [5.74, 6) is 0.894. The number of carbonyl (C=O) groups excluding carboxylic acids is 1. The highest BCUT2D eigenvalue weighted by Crippen LogP contribution is 2.31. The summed E-state index contributed by atoms with van der Waals surface area (Å²) in [5, 5.41) is 13.9. The first-order chi connectivity index (χ1) is 12.0. The molecule has 1 aromatic rings. The van der Waals surface area contributed by atoms with Gasteiger partial charge < -0.3 is 30.1 Å². The fourth-order valence-corrected chi connectivity index (χ4v) is 2.79. The van der Waals surface area contributed by atoms with Gasteiger partial charge in [0.05, 0.1) is 20.6 Å². The van der Waals surface area contributed by atoms with Gasteiger partial charge >= 0.3 is 12.0 Å². The van der Waals surface area contributed by atoms with Gasteiger partial charge in [0.2, 0.25) is 0 Å². The lowest BCUT2D eigenvalue weighted by molar-refractivity contribution is -0.136. The van der Waals surface area contributed by atoms with Gasteiger partial charge in [0, 0.05) is 50.1 Å². The Hall–Kier alpha value is -2.64. The number of carboxylic acids is 1. The minimum absolute atomic E-state index is 0.0811. The zero-order valence-corrected chi connectivity index (χ0v) is 14.6. The Labute approximate surface area is 147 Å². The summed E-state index contributed by atoms with van der Waals surface area (Å²) < 4.78 is 10.6. The van der Waals surface area contributed by atoms with Crippen molar-refractivity contribution >= 4 is 17.7 Å². The molecule has 25 heavy (non-hydrogen) atoms. The number of anilines is 1. The smallest absolute Gasteiger partial charge is 0.314 e. The van der Waals surface area contributed by atoms with Crippen molar-refractivity contribution in [3.8, 4) is 11.5 Å². The lowest BCUT2D eigenvalue weighted by atomic mass is 10.1. The van der Waals surface area contributed by atoms with Gasteiger partial charge in [0.1, 0.15) is 11.5 Å². The number of aliphatic carboxylic acids is 1. The average molecular weight is 351 g/mol. The Balaban J connectivity index is 1.81. The van der Waals surface area contributed by atoms with E-state index in [1.54, 1.807) is 14.2 Å². The minimum Gasteiger partial charge on any atom is -0.497 e. The van der Waals surface area contributed by atoms with E-state index in [0.29, 0.717) is 12.5 Å². The summed E-state index contributed by atoms with van der Waals surface area (Å²) in [6, 6.07) is 5.44. The van der Waals surface area contributed by atoms with Crippen LogP contribution in [0.5, 0.6) is 11.5 Å². The summed E-state index contributed by atoms with van der Waals surface area (Å²) in [6.45, 7) is 2.40. The molecule has 3 N–H and O–H groups in total. The number of nitrogens with one attached hydrogen (secondary N) is 2. The molecule has 1 fully saturated rings. The highest BCUT2D eigenvalue weighted by atomic mass is 16.5. The van der Waals surface area contributed by atoms with E-state index in [4.69, 9.17) is 14.6 Å². The molecule has 1 aliphatic heterocycles. The first kappa shape index (κ1) is 18.7. The molecular weight excluding hydrogens is 326 g/mol. The molecule has 0 aliphatic carbocycles. The molecular formula is C17H25N3O5. The lowest BCUT2D eigenvalue weighted by Crippen LogP contribution is -2.39. The fourth-order valence-electron chi connectivity index (χ4n) is 2.79. The number of methoxy groups -OCH3 is 2. The predicted molar refractivity (Wildman–Crippen MR) is 93.5 cm³/mol. The molecule has 0 saturated carbocycles. The number of amides is 2. The number of nitrogens with zero attached hydrogens (tertiary/aromatic N) is 1. The lowest BCUT2D eigenvalue weighted by Gasteiger charge is -2.20. The normalized spacial score (nSPS) is 16.4. The van der Waals surface area contributed by atoms with Crippen LogP contribution in [-0.2, 0) is 4.79 Å². The van der Waals surface area contributed by atoms with Crippen LogP contribution in [0, 0.1) is 5.92 Å². The van der Waals surface area contributed by atoms with Crippen molar-refractivity contribution in [2.24, 2.45) is 5.92 Å². The summed E-state index contributed by atoms with van der Waals surface area (Å²) in [7, 11) is 3.25. The van der Waals surface area contributed by atoms with Crippen LogP contribution in [0.2, 0.25) is 0 Å². The highest BCUT2D eigenvalue weighted by Gasteiger charge is 2.24. The second kappa shape index (κ2) is 9.00. The van der Waals surface area contributed by atoms with E-state index in [1.807, 2.05) is 18.2 Å². The van der Waals surface area contributed by atoms with Crippen molar-refractivity contribution in [2.75, 3.05) is 45.3 Å². The number of hydrogen-bond donors (Lipinski definition) is 3. The number of carbonyl (C=O) groups is 2. The third kappa shape index (κ3) is 5.74. The van der Waals surface area contributed by atoms with Crippen LogP contribution in [0.3, 0.4) is 0 Å². The molecule has 0 spiro atoms. The topological polar surface area (TPSA) is 100 Å². The van der Waals surface area contributed by atoms with Gasteiger partial charge in [-0.05, 0) is 12.3 Å². The first-order valence-electron chi connectivity index (χ1n) is 8.23. The molecule has 0 aromatic heterocycles. The molecule has 2 amide bonds.